The van der Waals surface area contributed by atoms with E-state index in [0.29, 0.717) is 0 Å². The number of nitrogens with one attached hydrogen (secondary N) is 1. The van der Waals surface area contributed by atoms with Crippen molar-refractivity contribution in [3.8, 4) is 0 Å². The van der Waals surface area contributed by atoms with Crippen LogP contribution in [0.5, 0.6) is 0 Å². The highest BCUT2D eigenvalue weighted by molar-refractivity contribution is 5.76. The third kappa shape index (κ3) is 5.19. The van der Waals surface area contributed by atoms with Crippen molar-refractivity contribution in [3.63, 3.8) is 0 Å². The van der Waals surface area contributed by atoms with Gasteiger partial charge in [-0.25, -0.2) is 0 Å². The van der Waals surface area contributed by atoms with Gasteiger partial charge in [0.2, 0.25) is 5.91 Å². The van der Waals surface area contributed by atoms with Crippen LogP contribution < -0.4 is 11.1 Å². The van der Waals surface area contributed by atoms with Crippen LogP contribution in [0.4, 0.5) is 5.69 Å². The Hall–Kier alpha value is -1.55. The SMILES string of the molecule is COC(C)(C)CCNc1ccc(CC(N)=O)cc1. The summed E-state index contributed by atoms with van der Waals surface area (Å²) in [5.41, 5.74) is 7.00. The number of carbonyl (C=O) groups is 1. The maximum atomic E-state index is 10.8. The molecule has 1 amide bonds. The number of rotatable bonds is 7. The van der Waals surface area contributed by atoms with E-state index >= 15 is 0 Å². The number of carbonyl (C=O) groups excluding carboxylic acids is 1. The fraction of sp³-hybridized carbons (Fsp3) is 0.500. The molecule has 0 saturated carbocycles. The van der Waals surface area contributed by atoms with Gasteiger partial charge in [-0.2, -0.15) is 0 Å². The largest absolute Gasteiger partial charge is 0.385 e. The van der Waals surface area contributed by atoms with Crippen molar-refractivity contribution in [2.24, 2.45) is 5.73 Å². The van der Waals surface area contributed by atoms with Gasteiger partial charge in [-0.3, -0.25) is 4.79 Å². The highest BCUT2D eigenvalue weighted by Gasteiger charge is 2.15. The summed E-state index contributed by atoms with van der Waals surface area (Å²) >= 11 is 0. The van der Waals surface area contributed by atoms with Crippen LogP contribution in [-0.2, 0) is 16.0 Å². The number of benzene rings is 1. The average molecular weight is 250 g/mol. The smallest absolute Gasteiger partial charge is 0.221 e. The Kier molecular flexibility index (Phi) is 5.16. The Bertz CT molecular complexity index is 385. The van der Waals surface area contributed by atoms with E-state index in [1.54, 1.807) is 7.11 Å². The van der Waals surface area contributed by atoms with E-state index in [1.165, 1.54) is 0 Å². The molecule has 3 N–H and O–H groups in total. The van der Waals surface area contributed by atoms with Crippen molar-refractivity contribution in [2.45, 2.75) is 32.3 Å². The summed E-state index contributed by atoms with van der Waals surface area (Å²) in [5.74, 6) is -0.308. The van der Waals surface area contributed by atoms with Crippen LogP contribution in [-0.4, -0.2) is 25.2 Å². The van der Waals surface area contributed by atoms with Crippen LogP contribution in [0, 0.1) is 0 Å². The molecule has 0 spiro atoms. The first kappa shape index (κ1) is 14.5. The lowest BCUT2D eigenvalue weighted by Crippen LogP contribution is -2.25. The molecule has 1 aromatic rings. The zero-order chi connectivity index (χ0) is 13.6. The van der Waals surface area contributed by atoms with Crippen LogP contribution in [0.25, 0.3) is 0 Å². The van der Waals surface area contributed by atoms with Crippen LogP contribution in [0.1, 0.15) is 25.8 Å². The molecular formula is C14H22N2O2. The molecule has 0 fully saturated rings. The molecule has 0 bridgehead atoms. The van der Waals surface area contributed by atoms with E-state index in [4.69, 9.17) is 10.5 Å². The minimum Gasteiger partial charge on any atom is -0.385 e. The summed E-state index contributed by atoms with van der Waals surface area (Å²) in [5, 5.41) is 3.32. The number of ether oxygens (including phenoxy) is 1. The van der Waals surface area contributed by atoms with E-state index in [2.05, 4.69) is 19.2 Å². The molecular weight excluding hydrogens is 228 g/mol. The maximum absolute atomic E-state index is 10.8. The molecule has 0 atom stereocenters. The van der Waals surface area contributed by atoms with E-state index in [9.17, 15) is 4.79 Å². The van der Waals surface area contributed by atoms with Gasteiger partial charge in [0.25, 0.3) is 0 Å². The summed E-state index contributed by atoms with van der Waals surface area (Å²) in [4.78, 5) is 10.8. The highest BCUT2D eigenvalue weighted by atomic mass is 16.5. The molecule has 0 aliphatic rings. The van der Waals surface area contributed by atoms with Gasteiger partial charge < -0.3 is 15.8 Å². The molecule has 4 heteroatoms. The lowest BCUT2D eigenvalue weighted by Gasteiger charge is -2.23. The van der Waals surface area contributed by atoms with E-state index in [-0.39, 0.29) is 17.9 Å². The van der Waals surface area contributed by atoms with E-state index in [0.717, 1.165) is 24.2 Å². The lowest BCUT2D eigenvalue weighted by atomic mass is 10.1. The Morgan fingerprint density at radius 2 is 1.94 bits per heavy atom. The van der Waals surface area contributed by atoms with Crippen molar-refractivity contribution < 1.29 is 9.53 Å². The molecule has 0 unspecified atom stereocenters. The molecule has 0 saturated heterocycles. The van der Waals surface area contributed by atoms with Gasteiger partial charge in [-0.15, -0.1) is 0 Å². The Morgan fingerprint density at radius 1 is 1.33 bits per heavy atom. The highest BCUT2D eigenvalue weighted by Crippen LogP contribution is 2.14. The van der Waals surface area contributed by atoms with Gasteiger partial charge in [0.1, 0.15) is 0 Å². The fourth-order valence-electron chi connectivity index (χ4n) is 1.55. The predicted octanol–water partition coefficient (Wildman–Crippen LogP) is 1.94. The summed E-state index contributed by atoms with van der Waals surface area (Å²) < 4.78 is 5.35. The summed E-state index contributed by atoms with van der Waals surface area (Å²) in [6.45, 7) is 4.96. The number of nitrogens with two attached hydrogens (primary N) is 1. The molecule has 0 aliphatic heterocycles. The molecule has 100 valence electrons. The number of hydrogen-bond donors (Lipinski definition) is 2. The minimum atomic E-state index is -0.308. The van der Waals surface area contributed by atoms with E-state index < -0.39 is 0 Å². The molecule has 4 nitrogen and oxygen atoms in total. The number of methoxy groups -OCH3 is 1. The van der Waals surface area contributed by atoms with Gasteiger partial charge in [-0.1, -0.05) is 12.1 Å². The second-order valence-corrected chi connectivity index (χ2v) is 4.98. The third-order valence-corrected chi connectivity index (χ3v) is 2.94. The molecule has 0 aromatic heterocycles. The zero-order valence-corrected chi connectivity index (χ0v) is 11.3. The average Bonchev–Trinajstić information content (AvgIpc) is 2.30. The zero-order valence-electron chi connectivity index (χ0n) is 11.3. The van der Waals surface area contributed by atoms with E-state index in [1.807, 2.05) is 24.3 Å². The Balaban J connectivity index is 2.42. The number of amides is 1. The molecule has 18 heavy (non-hydrogen) atoms. The monoisotopic (exact) mass is 250 g/mol. The molecule has 0 heterocycles. The van der Waals surface area contributed by atoms with Crippen LogP contribution in [0.15, 0.2) is 24.3 Å². The summed E-state index contributed by atoms with van der Waals surface area (Å²) in [7, 11) is 1.72. The standard InChI is InChI=1S/C14H22N2O2/c1-14(2,18-3)8-9-16-12-6-4-11(5-7-12)10-13(15)17/h4-7,16H,8-10H2,1-3H3,(H2,15,17). The van der Waals surface area contributed by atoms with Gasteiger partial charge in [0.15, 0.2) is 0 Å². The lowest BCUT2D eigenvalue weighted by molar-refractivity contribution is -0.117. The third-order valence-electron chi connectivity index (χ3n) is 2.94. The molecule has 1 aromatic carbocycles. The van der Waals surface area contributed by atoms with Gasteiger partial charge in [0, 0.05) is 19.3 Å². The molecule has 0 radical (unpaired) electrons. The van der Waals surface area contributed by atoms with Crippen molar-refractivity contribution >= 4 is 11.6 Å². The number of hydrogen-bond acceptors (Lipinski definition) is 3. The molecule has 1 rings (SSSR count). The first-order valence-corrected chi connectivity index (χ1v) is 6.09. The Morgan fingerprint density at radius 3 is 2.44 bits per heavy atom. The predicted molar refractivity (Wildman–Crippen MR) is 73.5 cm³/mol. The second-order valence-electron chi connectivity index (χ2n) is 4.98. The van der Waals surface area contributed by atoms with Gasteiger partial charge >= 0.3 is 0 Å². The van der Waals surface area contributed by atoms with Crippen LogP contribution in [0.2, 0.25) is 0 Å². The minimum absolute atomic E-state index is 0.112. The topological polar surface area (TPSA) is 64.3 Å². The fourth-order valence-corrected chi connectivity index (χ4v) is 1.55. The summed E-state index contributed by atoms with van der Waals surface area (Å²) in [6, 6.07) is 7.74. The van der Waals surface area contributed by atoms with Gasteiger partial charge in [-0.05, 0) is 38.0 Å². The van der Waals surface area contributed by atoms with Crippen molar-refractivity contribution in [1.82, 2.24) is 0 Å². The van der Waals surface area contributed by atoms with Crippen molar-refractivity contribution in [2.75, 3.05) is 19.0 Å². The second kappa shape index (κ2) is 6.40. The number of primary amides is 1. The quantitative estimate of drug-likeness (QED) is 0.777. The van der Waals surface area contributed by atoms with Gasteiger partial charge in [0.05, 0.1) is 12.0 Å². The van der Waals surface area contributed by atoms with Crippen LogP contribution in [0.3, 0.4) is 0 Å². The Labute approximate surface area is 109 Å². The first-order chi connectivity index (χ1) is 8.43. The van der Waals surface area contributed by atoms with Crippen LogP contribution >= 0.6 is 0 Å². The number of anilines is 1. The normalized spacial score (nSPS) is 11.3. The summed E-state index contributed by atoms with van der Waals surface area (Å²) in [6.07, 6.45) is 1.21. The maximum Gasteiger partial charge on any atom is 0.221 e. The molecule has 0 aliphatic carbocycles. The van der Waals surface area contributed by atoms with Crippen molar-refractivity contribution in [3.05, 3.63) is 29.8 Å². The van der Waals surface area contributed by atoms with Crippen molar-refractivity contribution in [1.29, 1.82) is 0 Å². The first-order valence-electron chi connectivity index (χ1n) is 6.09.